The van der Waals surface area contributed by atoms with E-state index in [1.54, 1.807) is 27.4 Å². The van der Waals surface area contributed by atoms with E-state index in [1.807, 2.05) is 55.1 Å². The van der Waals surface area contributed by atoms with Crippen molar-refractivity contribution in [3.63, 3.8) is 0 Å². The molecule has 2 rings (SSSR count). The molecule has 0 fully saturated rings. The number of hydrogen-bond donors (Lipinski definition) is 0. The van der Waals surface area contributed by atoms with Crippen LogP contribution in [-0.4, -0.2) is 38.2 Å². The van der Waals surface area contributed by atoms with Crippen LogP contribution in [0.1, 0.15) is 25.0 Å². The van der Waals surface area contributed by atoms with Crippen molar-refractivity contribution in [2.24, 2.45) is 0 Å². The molecule has 0 spiro atoms. The highest BCUT2D eigenvalue weighted by Crippen LogP contribution is 2.35. The van der Waals surface area contributed by atoms with Crippen LogP contribution in [0.5, 0.6) is 17.2 Å². The zero-order valence-electron chi connectivity index (χ0n) is 16.1. The normalized spacial score (nSPS) is 10.5. The molecule has 0 radical (unpaired) electrons. The number of methoxy groups -OCH3 is 3. The Hall–Kier alpha value is -2.69. The minimum Gasteiger partial charge on any atom is -0.496 e. The standard InChI is InChI=1S/C21H27NO4/c1-15(2)22(21(23)11-16-9-7-6-8-10-16)14-17-12-19(25-4)20(26-5)13-18(17)24-3/h6-10,12-13,15H,11,14H2,1-5H3. The first kappa shape index (κ1) is 19.6. The van der Waals surface area contributed by atoms with Crippen molar-refractivity contribution in [1.29, 1.82) is 0 Å². The summed E-state index contributed by atoms with van der Waals surface area (Å²) in [6, 6.07) is 13.5. The lowest BCUT2D eigenvalue weighted by atomic mass is 10.1. The van der Waals surface area contributed by atoms with Gasteiger partial charge >= 0.3 is 0 Å². The van der Waals surface area contributed by atoms with Crippen LogP contribution in [0.4, 0.5) is 0 Å². The molecule has 0 bridgehead atoms. The molecule has 0 aliphatic rings. The minimum absolute atomic E-state index is 0.0593. The highest BCUT2D eigenvalue weighted by Gasteiger charge is 2.21. The van der Waals surface area contributed by atoms with Gasteiger partial charge < -0.3 is 19.1 Å². The Morgan fingerprint density at radius 1 is 0.923 bits per heavy atom. The molecule has 2 aromatic rings. The third-order valence-corrected chi connectivity index (χ3v) is 4.27. The van der Waals surface area contributed by atoms with E-state index < -0.39 is 0 Å². The van der Waals surface area contributed by atoms with Gasteiger partial charge in [-0.25, -0.2) is 0 Å². The number of benzene rings is 2. The fraction of sp³-hybridized carbons (Fsp3) is 0.381. The molecular formula is C21H27NO4. The number of amides is 1. The summed E-state index contributed by atoms with van der Waals surface area (Å²) >= 11 is 0. The predicted molar refractivity (Wildman–Crippen MR) is 102 cm³/mol. The average molecular weight is 357 g/mol. The SMILES string of the molecule is COc1cc(OC)c(OC)cc1CN(C(=O)Cc1ccccc1)C(C)C. The van der Waals surface area contributed by atoms with Crippen molar-refractivity contribution in [3.8, 4) is 17.2 Å². The summed E-state index contributed by atoms with van der Waals surface area (Å²) in [6.45, 7) is 4.46. The maximum Gasteiger partial charge on any atom is 0.227 e. The van der Waals surface area contributed by atoms with Crippen molar-refractivity contribution in [3.05, 3.63) is 53.6 Å². The van der Waals surface area contributed by atoms with E-state index in [1.165, 1.54) is 0 Å². The minimum atomic E-state index is 0.0593. The first-order chi connectivity index (χ1) is 12.5. The number of carbonyl (C=O) groups is 1. The van der Waals surface area contributed by atoms with Gasteiger partial charge in [0.1, 0.15) is 5.75 Å². The summed E-state index contributed by atoms with van der Waals surface area (Å²) in [6.07, 6.45) is 0.370. The van der Waals surface area contributed by atoms with Crippen molar-refractivity contribution in [1.82, 2.24) is 4.90 Å². The Morgan fingerprint density at radius 3 is 2.04 bits per heavy atom. The quantitative estimate of drug-likeness (QED) is 0.723. The average Bonchev–Trinajstić information content (AvgIpc) is 2.65. The third-order valence-electron chi connectivity index (χ3n) is 4.27. The van der Waals surface area contributed by atoms with E-state index in [4.69, 9.17) is 14.2 Å². The number of hydrogen-bond acceptors (Lipinski definition) is 4. The van der Waals surface area contributed by atoms with Gasteiger partial charge in [0.05, 0.1) is 27.8 Å². The molecule has 26 heavy (non-hydrogen) atoms. The van der Waals surface area contributed by atoms with Crippen molar-refractivity contribution in [2.45, 2.75) is 32.9 Å². The molecule has 0 unspecified atom stereocenters. The molecular weight excluding hydrogens is 330 g/mol. The maximum absolute atomic E-state index is 12.9. The summed E-state index contributed by atoms with van der Waals surface area (Å²) in [5.74, 6) is 1.95. The highest BCUT2D eigenvalue weighted by atomic mass is 16.5. The summed E-state index contributed by atoms with van der Waals surface area (Å²) in [7, 11) is 4.78. The lowest BCUT2D eigenvalue weighted by Crippen LogP contribution is -2.37. The molecule has 0 heterocycles. The zero-order chi connectivity index (χ0) is 19.1. The largest absolute Gasteiger partial charge is 0.496 e. The van der Waals surface area contributed by atoms with Crippen LogP contribution in [0.15, 0.2) is 42.5 Å². The molecule has 5 nitrogen and oxygen atoms in total. The Bertz CT molecular complexity index is 728. The fourth-order valence-corrected chi connectivity index (χ4v) is 2.83. The second kappa shape index (κ2) is 9.13. The van der Waals surface area contributed by atoms with Gasteiger partial charge in [-0.2, -0.15) is 0 Å². The van der Waals surface area contributed by atoms with E-state index in [9.17, 15) is 4.79 Å². The molecule has 5 heteroatoms. The molecule has 0 saturated heterocycles. The second-order valence-corrected chi connectivity index (χ2v) is 6.30. The number of rotatable bonds is 8. The lowest BCUT2D eigenvalue weighted by molar-refractivity contribution is -0.132. The molecule has 0 aromatic heterocycles. The molecule has 0 N–H and O–H groups in total. The maximum atomic E-state index is 12.9. The topological polar surface area (TPSA) is 48.0 Å². The van der Waals surface area contributed by atoms with E-state index >= 15 is 0 Å². The fourth-order valence-electron chi connectivity index (χ4n) is 2.83. The van der Waals surface area contributed by atoms with Gasteiger partial charge in [-0.15, -0.1) is 0 Å². The monoisotopic (exact) mass is 357 g/mol. The van der Waals surface area contributed by atoms with Crippen LogP contribution in [0, 0.1) is 0 Å². The van der Waals surface area contributed by atoms with Crippen LogP contribution >= 0.6 is 0 Å². The second-order valence-electron chi connectivity index (χ2n) is 6.30. The molecule has 0 atom stereocenters. The Labute approximate surface area is 155 Å². The predicted octanol–water partition coefficient (Wildman–Crippen LogP) is 3.69. The first-order valence-electron chi connectivity index (χ1n) is 8.62. The van der Waals surface area contributed by atoms with Crippen LogP contribution in [-0.2, 0) is 17.8 Å². The van der Waals surface area contributed by atoms with Crippen molar-refractivity contribution < 1.29 is 19.0 Å². The molecule has 0 aliphatic carbocycles. The van der Waals surface area contributed by atoms with Gasteiger partial charge in [0.15, 0.2) is 11.5 Å². The van der Waals surface area contributed by atoms with Crippen molar-refractivity contribution >= 4 is 5.91 Å². The van der Waals surface area contributed by atoms with Gasteiger partial charge in [0, 0.05) is 24.2 Å². The van der Waals surface area contributed by atoms with Crippen LogP contribution < -0.4 is 14.2 Å². The van der Waals surface area contributed by atoms with Gasteiger partial charge in [-0.05, 0) is 25.5 Å². The van der Waals surface area contributed by atoms with Crippen LogP contribution in [0.3, 0.4) is 0 Å². The van der Waals surface area contributed by atoms with Crippen molar-refractivity contribution in [2.75, 3.05) is 21.3 Å². The highest BCUT2D eigenvalue weighted by molar-refractivity contribution is 5.79. The van der Waals surface area contributed by atoms with Gasteiger partial charge in [0.2, 0.25) is 5.91 Å². The Balaban J connectivity index is 2.28. The van der Waals surface area contributed by atoms with Gasteiger partial charge in [0.25, 0.3) is 0 Å². The summed E-state index contributed by atoms with van der Waals surface area (Å²) < 4.78 is 16.2. The Kier molecular flexibility index (Phi) is 6.89. The van der Waals surface area contributed by atoms with E-state index in [0.29, 0.717) is 30.2 Å². The van der Waals surface area contributed by atoms with Crippen LogP contribution in [0.25, 0.3) is 0 Å². The smallest absolute Gasteiger partial charge is 0.227 e. The number of nitrogens with zero attached hydrogens (tertiary/aromatic N) is 1. The summed E-state index contributed by atoms with van der Waals surface area (Å²) in [4.78, 5) is 14.7. The molecule has 140 valence electrons. The molecule has 0 saturated carbocycles. The van der Waals surface area contributed by atoms with E-state index in [2.05, 4.69) is 0 Å². The van der Waals surface area contributed by atoms with Gasteiger partial charge in [-0.3, -0.25) is 4.79 Å². The Morgan fingerprint density at radius 2 is 1.50 bits per heavy atom. The van der Waals surface area contributed by atoms with Gasteiger partial charge in [-0.1, -0.05) is 30.3 Å². The molecule has 2 aromatic carbocycles. The molecule has 1 amide bonds. The number of carbonyl (C=O) groups excluding carboxylic acids is 1. The number of ether oxygens (including phenoxy) is 3. The zero-order valence-corrected chi connectivity index (χ0v) is 16.1. The third kappa shape index (κ3) is 4.69. The van der Waals surface area contributed by atoms with Crippen LogP contribution in [0.2, 0.25) is 0 Å². The van der Waals surface area contributed by atoms with E-state index in [-0.39, 0.29) is 11.9 Å². The summed E-state index contributed by atoms with van der Waals surface area (Å²) in [5, 5.41) is 0. The lowest BCUT2D eigenvalue weighted by Gasteiger charge is -2.28. The van der Waals surface area contributed by atoms with E-state index in [0.717, 1.165) is 11.1 Å². The molecule has 0 aliphatic heterocycles. The first-order valence-corrected chi connectivity index (χ1v) is 8.62. The summed E-state index contributed by atoms with van der Waals surface area (Å²) in [5.41, 5.74) is 1.88.